The summed E-state index contributed by atoms with van der Waals surface area (Å²) < 4.78 is 1.59. The van der Waals surface area contributed by atoms with Gasteiger partial charge in [0.2, 0.25) is 0 Å². The van der Waals surface area contributed by atoms with Crippen molar-refractivity contribution in [2.24, 2.45) is 7.05 Å². The highest BCUT2D eigenvalue weighted by Gasteiger charge is 2.24. The molecule has 0 fully saturated rings. The third-order valence-corrected chi connectivity index (χ3v) is 4.49. The zero-order valence-corrected chi connectivity index (χ0v) is 14.3. The molecule has 2 heterocycles. The summed E-state index contributed by atoms with van der Waals surface area (Å²) >= 11 is 1.28. The smallest absolute Gasteiger partial charge is 0.295 e. The lowest BCUT2D eigenvalue weighted by Gasteiger charge is -2.02. The Morgan fingerprint density at radius 2 is 1.88 bits per heavy atom. The number of hydrogen-bond donors (Lipinski definition) is 1. The topological polar surface area (TPSA) is 76.9 Å². The SMILES string of the molecule is Cc1nn(C)c(C)c1C(=O)C(=O)Nc1nc(-c2ccccc2)cs1. The van der Waals surface area contributed by atoms with Crippen LogP contribution in [0.3, 0.4) is 0 Å². The van der Waals surface area contributed by atoms with Crippen molar-refractivity contribution in [3.63, 3.8) is 0 Å². The van der Waals surface area contributed by atoms with Gasteiger partial charge in [-0.2, -0.15) is 5.10 Å². The number of hydrogen-bond acceptors (Lipinski definition) is 5. The van der Waals surface area contributed by atoms with Crippen LogP contribution in [0.2, 0.25) is 0 Å². The number of aryl methyl sites for hydroxylation is 2. The van der Waals surface area contributed by atoms with Gasteiger partial charge in [-0.15, -0.1) is 11.3 Å². The third-order valence-electron chi connectivity index (χ3n) is 3.74. The molecule has 3 rings (SSSR count). The Labute approximate surface area is 143 Å². The molecule has 3 aromatic rings. The Bertz CT molecular complexity index is 912. The first-order valence-corrected chi connectivity index (χ1v) is 8.22. The van der Waals surface area contributed by atoms with E-state index in [0.29, 0.717) is 22.1 Å². The van der Waals surface area contributed by atoms with Gasteiger partial charge in [-0.05, 0) is 13.8 Å². The summed E-state index contributed by atoms with van der Waals surface area (Å²) in [4.78, 5) is 29.0. The fraction of sp³-hybridized carbons (Fsp3) is 0.176. The summed E-state index contributed by atoms with van der Waals surface area (Å²) in [6.07, 6.45) is 0. The zero-order chi connectivity index (χ0) is 17.3. The van der Waals surface area contributed by atoms with Crippen LogP contribution in [0.5, 0.6) is 0 Å². The van der Waals surface area contributed by atoms with Crippen molar-refractivity contribution in [1.82, 2.24) is 14.8 Å². The second kappa shape index (κ2) is 6.37. The lowest BCUT2D eigenvalue weighted by atomic mass is 10.1. The zero-order valence-electron chi connectivity index (χ0n) is 13.5. The highest BCUT2D eigenvalue weighted by atomic mass is 32.1. The second-order valence-corrected chi connectivity index (χ2v) is 6.21. The first-order chi connectivity index (χ1) is 11.5. The standard InChI is InChI=1S/C17H16N4O2S/c1-10-14(11(2)21(3)20-10)15(22)16(23)19-17-18-13(9-24-17)12-7-5-4-6-8-12/h4-9H,1-3H3,(H,18,19,23). The van der Waals surface area contributed by atoms with E-state index < -0.39 is 11.7 Å². The molecule has 0 unspecified atom stereocenters. The predicted molar refractivity (Wildman–Crippen MR) is 93.2 cm³/mol. The number of nitrogens with one attached hydrogen (secondary N) is 1. The molecule has 0 aliphatic rings. The molecular formula is C17H16N4O2S. The van der Waals surface area contributed by atoms with Crippen molar-refractivity contribution in [1.29, 1.82) is 0 Å². The summed E-state index contributed by atoms with van der Waals surface area (Å²) in [6.45, 7) is 3.47. The molecule has 7 heteroatoms. The Hall–Kier alpha value is -2.80. The van der Waals surface area contributed by atoms with Crippen molar-refractivity contribution < 1.29 is 9.59 Å². The van der Waals surface area contributed by atoms with E-state index in [-0.39, 0.29) is 0 Å². The number of amides is 1. The van der Waals surface area contributed by atoms with Crippen molar-refractivity contribution in [3.05, 3.63) is 52.7 Å². The highest BCUT2D eigenvalue weighted by molar-refractivity contribution is 7.14. The summed E-state index contributed by atoms with van der Waals surface area (Å²) in [5.41, 5.74) is 3.27. The fourth-order valence-corrected chi connectivity index (χ4v) is 3.16. The monoisotopic (exact) mass is 340 g/mol. The minimum Gasteiger partial charge on any atom is -0.295 e. The molecule has 0 aliphatic carbocycles. The number of rotatable bonds is 4. The van der Waals surface area contributed by atoms with Crippen molar-refractivity contribution >= 4 is 28.2 Å². The molecule has 0 bridgehead atoms. The molecule has 0 aliphatic heterocycles. The number of aromatic nitrogens is 3. The molecular weight excluding hydrogens is 324 g/mol. The van der Waals surface area contributed by atoms with E-state index in [1.54, 1.807) is 25.6 Å². The van der Waals surface area contributed by atoms with Gasteiger partial charge < -0.3 is 0 Å². The van der Waals surface area contributed by atoms with E-state index in [1.165, 1.54) is 11.3 Å². The third kappa shape index (κ3) is 2.98. The normalized spacial score (nSPS) is 10.6. The molecule has 1 amide bonds. The van der Waals surface area contributed by atoms with Crippen molar-refractivity contribution in [2.45, 2.75) is 13.8 Å². The minimum atomic E-state index is -0.705. The number of anilines is 1. The van der Waals surface area contributed by atoms with Gasteiger partial charge in [0.05, 0.1) is 17.0 Å². The maximum atomic E-state index is 12.4. The molecule has 0 spiro atoms. The Morgan fingerprint density at radius 1 is 1.17 bits per heavy atom. The van der Waals surface area contributed by atoms with E-state index in [2.05, 4.69) is 15.4 Å². The van der Waals surface area contributed by atoms with Gasteiger partial charge in [0.25, 0.3) is 11.7 Å². The fourth-order valence-electron chi connectivity index (χ4n) is 2.44. The molecule has 0 atom stereocenters. The van der Waals surface area contributed by atoms with E-state index in [0.717, 1.165) is 11.3 Å². The highest BCUT2D eigenvalue weighted by Crippen LogP contribution is 2.24. The van der Waals surface area contributed by atoms with Gasteiger partial charge >= 0.3 is 0 Å². The predicted octanol–water partition coefficient (Wildman–Crippen LogP) is 2.98. The number of carbonyl (C=O) groups is 2. The van der Waals surface area contributed by atoms with Gasteiger partial charge in [-0.1, -0.05) is 30.3 Å². The van der Waals surface area contributed by atoms with Crippen molar-refractivity contribution in [2.75, 3.05) is 5.32 Å². The van der Waals surface area contributed by atoms with E-state index in [4.69, 9.17) is 0 Å². The van der Waals surface area contributed by atoms with Crippen LogP contribution in [0.25, 0.3) is 11.3 Å². The van der Waals surface area contributed by atoms with Gasteiger partial charge in [-0.25, -0.2) is 4.98 Å². The molecule has 0 radical (unpaired) electrons. The first kappa shape index (κ1) is 16.1. The number of thiazole rings is 1. The molecule has 0 saturated heterocycles. The van der Waals surface area contributed by atoms with Gasteiger partial charge in [-0.3, -0.25) is 19.6 Å². The molecule has 122 valence electrons. The average molecular weight is 340 g/mol. The van der Waals surface area contributed by atoms with E-state index in [9.17, 15) is 9.59 Å². The largest absolute Gasteiger partial charge is 0.298 e. The van der Waals surface area contributed by atoms with Crippen LogP contribution in [0.4, 0.5) is 5.13 Å². The number of benzene rings is 1. The number of Topliss-reactive ketones (excluding diaryl/α,β-unsaturated/α-hetero) is 1. The van der Waals surface area contributed by atoms with E-state index >= 15 is 0 Å². The average Bonchev–Trinajstić information content (AvgIpc) is 3.13. The van der Waals surface area contributed by atoms with Crippen LogP contribution in [0.15, 0.2) is 35.7 Å². The van der Waals surface area contributed by atoms with Crippen LogP contribution in [0, 0.1) is 13.8 Å². The van der Waals surface area contributed by atoms with E-state index in [1.807, 2.05) is 35.7 Å². The molecule has 1 N–H and O–H groups in total. The summed E-state index contributed by atoms with van der Waals surface area (Å²) in [6, 6.07) is 9.65. The van der Waals surface area contributed by atoms with Crippen molar-refractivity contribution in [3.8, 4) is 11.3 Å². The molecule has 6 nitrogen and oxygen atoms in total. The van der Waals surface area contributed by atoms with Gasteiger partial charge in [0.15, 0.2) is 5.13 Å². The van der Waals surface area contributed by atoms with Crippen LogP contribution in [-0.2, 0) is 11.8 Å². The molecule has 2 aromatic heterocycles. The molecule has 0 saturated carbocycles. The maximum Gasteiger partial charge on any atom is 0.298 e. The summed E-state index contributed by atoms with van der Waals surface area (Å²) in [5.74, 6) is -1.31. The molecule has 1 aromatic carbocycles. The lowest BCUT2D eigenvalue weighted by Crippen LogP contribution is -2.23. The summed E-state index contributed by atoms with van der Waals surface area (Å²) in [7, 11) is 1.74. The lowest BCUT2D eigenvalue weighted by molar-refractivity contribution is -0.112. The summed E-state index contributed by atoms with van der Waals surface area (Å²) in [5, 5.41) is 8.98. The number of ketones is 1. The number of carbonyl (C=O) groups excluding carboxylic acids is 2. The quantitative estimate of drug-likeness (QED) is 0.585. The maximum absolute atomic E-state index is 12.4. The minimum absolute atomic E-state index is 0.342. The van der Waals surface area contributed by atoms with Crippen LogP contribution >= 0.6 is 11.3 Å². The molecule has 24 heavy (non-hydrogen) atoms. The van der Waals surface area contributed by atoms with Crippen LogP contribution in [-0.4, -0.2) is 26.5 Å². The number of nitrogens with zero attached hydrogens (tertiary/aromatic N) is 3. The first-order valence-electron chi connectivity index (χ1n) is 7.34. The van der Waals surface area contributed by atoms with Crippen LogP contribution < -0.4 is 5.32 Å². The Balaban J connectivity index is 1.78. The van der Waals surface area contributed by atoms with Crippen LogP contribution in [0.1, 0.15) is 21.7 Å². The second-order valence-electron chi connectivity index (χ2n) is 5.36. The van der Waals surface area contributed by atoms with Gasteiger partial charge in [0.1, 0.15) is 0 Å². The Morgan fingerprint density at radius 3 is 2.50 bits per heavy atom. The Kier molecular flexibility index (Phi) is 4.26. The van der Waals surface area contributed by atoms with Gasteiger partial charge in [0, 0.05) is 23.7 Å².